The number of nitriles is 1. The van der Waals surface area contributed by atoms with Crippen molar-refractivity contribution < 1.29 is 27.9 Å². The number of aromatic amines is 1. The van der Waals surface area contributed by atoms with Gasteiger partial charge in [-0.25, -0.2) is 9.65 Å². The van der Waals surface area contributed by atoms with Gasteiger partial charge in [-0.05, 0) is 41.0 Å². The number of imidazole rings is 1. The lowest BCUT2D eigenvalue weighted by molar-refractivity contribution is -0.118. The third kappa shape index (κ3) is 8.89. The van der Waals surface area contributed by atoms with E-state index in [1.54, 1.807) is 31.7 Å². The van der Waals surface area contributed by atoms with Crippen LogP contribution in [0, 0.1) is 17.2 Å². The Morgan fingerprint density at radius 1 is 1.29 bits per heavy atom. The van der Waals surface area contributed by atoms with Crippen molar-refractivity contribution in [1.29, 1.82) is 5.26 Å². The normalized spacial score (nSPS) is 20.2. The van der Waals surface area contributed by atoms with E-state index in [0.29, 0.717) is 6.16 Å². The quantitative estimate of drug-likeness (QED) is 0.216. The number of aromatic nitrogens is 4. The summed E-state index contributed by atoms with van der Waals surface area (Å²) in [5.41, 5.74) is -0.251. The molecule has 0 saturated carbocycles. The molecule has 0 aromatic carbocycles. The van der Waals surface area contributed by atoms with Crippen LogP contribution < -0.4 is 10.9 Å². The number of ether oxygens (including phenoxy) is 2. The fraction of sp³-hybridized carbons (Fsp3) is 0.731. The fourth-order valence-corrected chi connectivity index (χ4v) is 6.62. The minimum absolute atomic E-state index is 0.00858. The van der Waals surface area contributed by atoms with E-state index in [2.05, 4.69) is 31.0 Å². The number of nitrogens with zero attached hydrogens (tertiary/aromatic N) is 5. The van der Waals surface area contributed by atoms with Crippen LogP contribution in [-0.2, 0) is 27.9 Å². The molecule has 0 aliphatic carbocycles. The number of hydrogen-bond donors (Lipinski definition) is 2. The highest BCUT2D eigenvalue weighted by Gasteiger charge is 2.45. The van der Waals surface area contributed by atoms with E-state index in [0.717, 1.165) is 0 Å². The van der Waals surface area contributed by atoms with Gasteiger partial charge >= 0.3 is 0 Å². The van der Waals surface area contributed by atoms with Gasteiger partial charge in [-0.1, -0.05) is 13.8 Å². The second kappa shape index (κ2) is 15.0. The van der Waals surface area contributed by atoms with Crippen LogP contribution in [0.25, 0.3) is 11.2 Å². The van der Waals surface area contributed by atoms with Gasteiger partial charge < -0.3 is 23.1 Å². The molecule has 4 atom stereocenters. The molecule has 16 heteroatoms. The number of H-pyrrole nitrogens is 1. The summed E-state index contributed by atoms with van der Waals surface area (Å²) in [5, 5.41) is 11.7. The molecule has 1 aliphatic rings. The van der Waals surface area contributed by atoms with Gasteiger partial charge in [0, 0.05) is 24.2 Å². The first kappa shape index (κ1) is 34.3. The highest BCUT2D eigenvalue weighted by molar-refractivity contribution is 7.62. The third-order valence-corrected chi connectivity index (χ3v) is 9.77. The van der Waals surface area contributed by atoms with Crippen molar-refractivity contribution in [3.05, 3.63) is 16.7 Å². The van der Waals surface area contributed by atoms with E-state index < -0.39 is 39.7 Å². The zero-order chi connectivity index (χ0) is 31.2. The smallest absolute Gasteiger partial charge is 0.280 e. The monoisotopic (exact) mass is 627 g/mol. The Bertz CT molecular complexity index is 1340. The molecule has 3 rings (SSSR count). The second-order valence-electron chi connectivity index (χ2n) is 11.4. The van der Waals surface area contributed by atoms with Gasteiger partial charge in [0.25, 0.3) is 14.1 Å². The minimum Gasteiger partial charge on any atom is -0.372 e. The first-order valence-corrected chi connectivity index (χ1v) is 17.9. The highest BCUT2D eigenvalue weighted by atomic mass is 31.2. The number of anilines is 1. The van der Waals surface area contributed by atoms with Crippen LogP contribution in [0.5, 0.6) is 0 Å². The molecule has 1 saturated heterocycles. The third-order valence-electron chi connectivity index (χ3n) is 6.39. The number of hydrogen-bond acceptors (Lipinski definition) is 11. The topological polar surface area (TPSA) is 174 Å². The maximum atomic E-state index is 12.8. The summed E-state index contributed by atoms with van der Waals surface area (Å²) >= 11 is 0. The van der Waals surface area contributed by atoms with E-state index in [-0.39, 0.29) is 67.3 Å². The molecule has 3 heterocycles. The maximum absolute atomic E-state index is 12.8. The molecular weight excluding hydrogens is 584 g/mol. The standard InChI is InChI=1S/C26H43N7O7P2/c1-16(2)23(34)30-26-29-22-20(24(35)31-26)28-15-32(22)25-21(19(14-38-25)37-12-13-42(7,8)36)40-41(39-11-9-10-27)33(17(3)4)18(5)6/h15-19,21,25H,9,11-14H2,1-8H3,(H2,29,30,31,34,35)/t19-,21+,25+,41?/m0/s1. The number of fused-ring (bicyclic) bond motifs is 1. The van der Waals surface area contributed by atoms with Gasteiger partial charge in [0.1, 0.15) is 12.2 Å². The van der Waals surface area contributed by atoms with Crippen molar-refractivity contribution in [2.24, 2.45) is 5.92 Å². The Kier molecular flexibility index (Phi) is 12.2. The van der Waals surface area contributed by atoms with E-state index in [4.69, 9.17) is 23.8 Å². The molecule has 2 N–H and O–H groups in total. The molecule has 42 heavy (non-hydrogen) atoms. The first-order chi connectivity index (χ1) is 19.7. The Labute approximate surface area is 247 Å². The van der Waals surface area contributed by atoms with Crippen LogP contribution in [0.15, 0.2) is 11.1 Å². The van der Waals surface area contributed by atoms with Crippen LogP contribution in [0.2, 0.25) is 0 Å². The Hall–Kier alpha value is -2.23. The van der Waals surface area contributed by atoms with Crippen molar-refractivity contribution in [3.63, 3.8) is 0 Å². The van der Waals surface area contributed by atoms with Crippen LogP contribution in [0.4, 0.5) is 5.95 Å². The average molecular weight is 628 g/mol. The van der Waals surface area contributed by atoms with Crippen molar-refractivity contribution in [3.8, 4) is 6.07 Å². The lowest BCUT2D eigenvalue weighted by Crippen LogP contribution is -2.38. The van der Waals surface area contributed by atoms with Crippen LogP contribution >= 0.6 is 15.7 Å². The average Bonchev–Trinajstić information content (AvgIpc) is 3.47. The predicted octanol–water partition coefficient (Wildman–Crippen LogP) is 3.91. The van der Waals surface area contributed by atoms with Crippen LogP contribution in [0.1, 0.15) is 54.2 Å². The number of amides is 1. The number of carbonyl (C=O) groups excluding carboxylic acids is 1. The number of rotatable bonds is 15. The minimum atomic E-state index is -2.32. The molecule has 0 spiro atoms. The predicted molar refractivity (Wildman–Crippen MR) is 161 cm³/mol. The summed E-state index contributed by atoms with van der Waals surface area (Å²) in [6, 6.07) is 2.22. The van der Waals surface area contributed by atoms with Gasteiger partial charge in [0.15, 0.2) is 17.4 Å². The molecule has 1 aliphatic heterocycles. The molecule has 0 radical (unpaired) electrons. The summed E-state index contributed by atoms with van der Waals surface area (Å²) in [4.78, 5) is 36.4. The van der Waals surface area contributed by atoms with E-state index in [1.165, 1.54) is 6.33 Å². The Morgan fingerprint density at radius 3 is 2.57 bits per heavy atom. The highest BCUT2D eigenvalue weighted by Crippen LogP contribution is 2.50. The van der Waals surface area contributed by atoms with Crippen LogP contribution in [0.3, 0.4) is 0 Å². The van der Waals surface area contributed by atoms with Crippen molar-refractivity contribution in [2.45, 2.75) is 78.5 Å². The Balaban J connectivity index is 2.02. The molecule has 1 fully saturated rings. The maximum Gasteiger partial charge on any atom is 0.280 e. The summed E-state index contributed by atoms with van der Waals surface area (Å²) < 4.78 is 41.2. The first-order valence-electron chi connectivity index (χ1n) is 14.0. The summed E-state index contributed by atoms with van der Waals surface area (Å²) in [7, 11) is -4.00. The van der Waals surface area contributed by atoms with E-state index >= 15 is 0 Å². The molecule has 14 nitrogen and oxygen atoms in total. The molecule has 2 aromatic heterocycles. The van der Waals surface area contributed by atoms with E-state index in [9.17, 15) is 14.2 Å². The molecular formula is C26H43N7O7P2. The molecule has 0 bridgehead atoms. The SMILES string of the molecule is CC(C)C(=O)Nc1nc2c(ncn2[C@@H]2OC[C@H](OCCP(C)(C)=O)[C@H]2OP(OCCC#N)N(C(C)C)C(C)C)c(=O)[nH]1. The number of nitrogens with one attached hydrogen (secondary N) is 2. The summed E-state index contributed by atoms with van der Waals surface area (Å²) in [6.45, 7) is 15.6. The van der Waals surface area contributed by atoms with Gasteiger partial charge in [-0.3, -0.25) is 24.5 Å². The zero-order valence-corrected chi connectivity index (χ0v) is 27.4. The van der Waals surface area contributed by atoms with Crippen molar-refractivity contribution >= 4 is 38.7 Å². The zero-order valence-electron chi connectivity index (χ0n) is 25.6. The summed E-state index contributed by atoms with van der Waals surface area (Å²) in [6.07, 6.45) is -0.0857. The van der Waals surface area contributed by atoms with Gasteiger partial charge in [-0.15, -0.1) is 0 Å². The van der Waals surface area contributed by atoms with Crippen molar-refractivity contribution in [2.75, 3.05) is 44.6 Å². The van der Waals surface area contributed by atoms with Gasteiger partial charge in [-0.2, -0.15) is 10.2 Å². The largest absolute Gasteiger partial charge is 0.372 e. The molecule has 234 valence electrons. The van der Waals surface area contributed by atoms with E-state index in [1.807, 2.05) is 27.7 Å². The molecule has 1 amide bonds. The number of carbonyl (C=O) groups is 1. The molecule has 1 unspecified atom stereocenters. The second-order valence-corrected chi connectivity index (χ2v) is 16.4. The van der Waals surface area contributed by atoms with Crippen LogP contribution in [-0.4, -0.2) is 93.7 Å². The van der Waals surface area contributed by atoms with Crippen molar-refractivity contribution in [1.82, 2.24) is 24.2 Å². The van der Waals surface area contributed by atoms with Gasteiger partial charge in [0.2, 0.25) is 11.9 Å². The lowest BCUT2D eigenvalue weighted by atomic mass is 10.2. The van der Waals surface area contributed by atoms with Gasteiger partial charge in [0.05, 0.1) is 45.8 Å². The molecule has 2 aromatic rings. The Morgan fingerprint density at radius 2 is 1.98 bits per heavy atom. The summed E-state index contributed by atoms with van der Waals surface area (Å²) in [5.74, 6) is -0.635. The fourth-order valence-electron chi connectivity index (χ4n) is 4.32. The lowest BCUT2D eigenvalue weighted by Gasteiger charge is -2.38.